The fourth-order valence-electron chi connectivity index (χ4n) is 2.94. The molecular weight excluding hydrogens is 335 g/mol. The van der Waals surface area contributed by atoms with E-state index in [0.717, 1.165) is 5.56 Å². The van der Waals surface area contributed by atoms with E-state index in [-0.39, 0.29) is 0 Å². The van der Waals surface area contributed by atoms with Crippen LogP contribution in [0.5, 0.6) is 0 Å². The summed E-state index contributed by atoms with van der Waals surface area (Å²) >= 11 is 6.02. The van der Waals surface area contributed by atoms with Gasteiger partial charge in [-0.3, -0.25) is 9.36 Å². The van der Waals surface area contributed by atoms with Crippen LogP contribution >= 0.6 is 19.0 Å². The van der Waals surface area contributed by atoms with E-state index >= 15 is 0 Å². The summed E-state index contributed by atoms with van der Waals surface area (Å²) in [7, 11) is -3.90. The molecule has 0 fully saturated rings. The molecule has 23 heavy (non-hydrogen) atoms. The van der Waals surface area contributed by atoms with E-state index in [0.29, 0.717) is 21.6 Å². The zero-order valence-electron chi connectivity index (χ0n) is 12.4. The number of carbonyl (C=O) groups excluding carboxylic acids is 1. The molecule has 3 rings (SSSR count). The normalized spacial score (nSPS) is 22.0. The Balaban J connectivity index is 2.17. The number of hydrogen-bond acceptors (Lipinski definition) is 3. The van der Waals surface area contributed by atoms with Crippen LogP contribution < -0.4 is 16.4 Å². The molecule has 120 valence electrons. The highest BCUT2D eigenvalue weighted by molar-refractivity contribution is 7.66. The van der Waals surface area contributed by atoms with Crippen LogP contribution in [-0.4, -0.2) is 16.8 Å². The third-order valence-electron chi connectivity index (χ3n) is 4.01. The van der Waals surface area contributed by atoms with Crippen molar-refractivity contribution in [2.45, 2.75) is 18.6 Å². The molecule has 0 saturated carbocycles. The third kappa shape index (κ3) is 2.76. The van der Waals surface area contributed by atoms with Crippen LogP contribution in [0.4, 0.5) is 5.69 Å². The Morgan fingerprint density at radius 2 is 2.04 bits per heavy atom. The molecule has 3 atom stereocenters. The molecule has 0 aromatic heterocycles. The lowest BCUT2D eigenvalue weighted by Gasteiger charge is -2.24. The Bertz CT molecular complexity index is 840. The van der Waals surface area contributed by atoms with Gasteiger partial charge < -0.3 is 15.9 Å². The molecule has 1 heterocycles. The molecule has 5 nitrogen and oxygen atoms in total. The summed E-state index contributed by atoms with van der Waals surface area (Å²) in [5.74, 6) is -0.677. The predicted molar refractivity (Wildman–Crippen MR) is 91.4 cm³/mol. The van der Waals surface area contributed by atoms with Gasteiger partial charge in [0.2, 0.25) is 13.3 Å². The summed E-state index contributed by atoms with van der Waals surface area (Å²) in [4.78, 5) is 22.6. The number of halogens is 1. The zero-order valence-corrected chi connectivity index (χ0v) is 14.0. The number of benzene rings is 2. The Morgan fingerprint density at radius 1 is 1.30 bits per heavy atom. The fraction of sp³-hybridized carbons (Fsp3) is 0.188. The van der Waals surface area contributed by atoms with Gasteiger partial charge in [-0.05, 0) is 42.8 Å². The van der Waals surface area contributed by atoms with Crippen molar-refractivity contribution in [2.75, 3.05) is 5.32 Å². The topological polar surface area (TPSA) is 92.4 Å². The van der Waals surface area contributed by atoms with Crippen LogP contribution in [0.1, 0.15) is 16.8 Å². The maximum atomic E-state index is 13.2. The smallest absolute Gasteiger partial charge is 0.241 e. The number of primary amides is 1. The van der Waals surface area contributed by atoms with E-state index in [1.807, 2.05) is 13.0 Å². The van der Waals surface area contributed by atoms with E-state index in [4.69, 9.17) is 17.3 Å². The minimum Gasteiger partial charge on any atom is -0.372 e. The highest BCUT2D eigenvalue weighted by Crippen LogP contribution is 2.60. The molecule has 0 bridgehead atoms. The van der Waals surface area contributed by atoms with Gasteiger partial charge in [-0.1, -0.05) is 29.3 Å². The van der Waals surface area contributed by atoms with Gasteiger partial charge in [0.15, 0.2) is 0 Å². The van der Waals surface area contributed by atoms with E-state index in [1.54, 1.807) is 36.4 Å². The largest absolute Gasteiger partial charge is 0.372 e. The molecule has 2 aromatic carbocycles. The minimum atomic E-state index is -3.90. The maximum absolute atomic E-state index is 13.2. The highest BCUT2D eigenvalue weighted by Gasteiger charge is 2.47. The molecule has 1 aliphatic heterocycles. The lowest BCUT2D eigenvalue weighted by atomic mass is 10.1. The standard InChI is InChI=1S/C16H16ClN2O3P/c1-9-3-2-4-11(7-9)23(21,22)15-12-8-10(17)5-6-13(12)19-14(15)16(18)20/h2-8,14-15,19H,1H3,(H2,18,20)(H,21,22). The molecule has 0 radical (unpaired) electrons. The number of nitrogens with one attached hydrogen (secondary N) is 1. The quantitative estimate of drug-likeness (QED) is 0.742. The summed E-state index contributed by atoms with van der Waals surface area (Å²) < 4.78 is 13.2. The molecule has 0 aliphatic carbocycles. The van der Waals surface area contributed by atoms with Crippen LogP contribution in [0.15, 0.2) is 42.5 Å². The zero-order chi connectivity index (χ0) is 16.8. The van der Waals surface area contributed by atoms with Gasteiger partial charge in [0.05, 0.1) is 5.66 Å². The first-order valence-corrected chi connectivity index (χ1v) is 9.16. The average molecular weight is 351 g/mol. The monoisotopic (exact) mass is 350 g/mol. The second-order valence-electron chi connectivity index (χ2n) is 5.66. The van der Waals surface area contributed by atoms with Crippen molar-refractivity contribution in [3.05, 3.63) is 58.6 Å². The lowest BCUT2D eigenvalue weighted by molar-refractivity contribution is -0.118. The molecule has 7 heteroatoms. The van der Waals surface area contributed by atoms with Crippen molar-refractivity contribution < 1.29 is 14.3 Å². The highest BCUT2D eigenvalue weighted by atomic mass is 35.5. The van der Waals surface area contributed by atoms with E-state index < -0.39 is 25.0 Å². The number of carbonyl (C=O) groups is 1. The van der Waals surface area contributed by atoms with Gasteiger partial charge in [-0.25, -0.2) is 0 Å². The van der Waals surface area contributed by atoms with E-state index in [9.17, 15) is 14.3 Å². The first-order valence-electron chi connectivity index (χ1n) is 7.05. The molecule has 2 aromatic rings. The van der Waals surface area contributed by atoms with Gasteiger partial charge in [-0.15, -0.1) is 0 Å². The molecule has 0 spiro atoms. The predicted octanol–water partition coefficient (Wildman–Crippen LogP) is 2.56. The lowest BCUT2D eigenvalue weighted by Crippen LogP contribution is -2.37. The minimum absolute atomic E-state index is 0.295. The molecular formula is C16H16ClN2O3P. The summed E-state index contributed by atoms with van der Waals surface area (Å²) in [6.07, 6.45) is 0. The number of amides is 1. The van der Waals surface area contributed by atoms with Crippen molar-refractivity contribution in [2.24, 2.45) is 5.73 Å². The Hall–Kier alpha value is -1.81. The van der Waals surface area contributed by atoms with Gasteiger partial charge in [0.1, 0.15) is 6.04 Å². The SMILES string of the molecule is Cc1cccc(P(=O)(O)C2c3cc(Cl)ccc3NC2C(N)=O)c1. The number of hydrogen-bond donors (Lipinski definition) is 3. The first kappa shape index (κ1) is 16.1. The van der Waals surface area contributed by atoms with Crippen LogP contribution in [-0.2, 0) is 9.36 Å². The van der Waals surface area contributed by atoms with Gasteiger partial charge >= 0.3 is 0 Å². The van der Waals surface area contributed by atoms with E-state index in [2.05, 4.69) is 5.32 Å². The molecule has 4 N–H and O–H groups in total. The van der Waals surface area contributed by atoms with Crippen LogP contribution in [0.3, 0.4) is 0 Å². The summed E-state index contributed by atoms with van der Waals surface area (Å²) in [6, 6.07) is 10.8. The van der Waals surface area contributed by atoms with Crippen molar-refractivity contribution >= 4 is 35.9 Å². The fourth-order valence-corrected chi connectivity index (χ4v) is 5.35. The molecule has 1 aliphatic rings. The summed E-state index contributed by atoms with van der Waals surface area (Å²) in [5.41, 5.74) is 6.48. The Kier molecular flexibility index (Phi) is 3.96. The number of aryl methyl sites for hydroxylation is 1. The molecule has 3 unspecified atom stereocenters. The van der Waals surface area contributed by atoms with Gasteiger partial charge in [0.25, 0.3) is 0 Å². The number of anilines is 1. The number of fused-ring (bicyclic) bond motifs is 1. The number of nitrogens with two attached hydrogens (primary N) is 1. The first-order chi connectivity index (χ1) is 10.8. The maximum Gasteiger partial charge on any atom is 0.241 e. The van der Waals surface area contributed by atoms with Gasteiger partial charge in [0, 0.05) is 16.0 Å². The Labute approximate surface area is 138 Å². The summed E-state index contributed by atoms with van der Waals surface area (Å²) in [6.45, 7) is 1.84. The Morgan fingerprint density at radius 3 is 2.70 bits per heavy atom. The average Bonchev–Trinajstić information content (AvgIpc) is 2.86. The second-order valence-corrected chi connectivity index (χ2v) is 8.42. The van der Waals surface area contributed by atoms with Crippen molar-refractivity contribution in [1.82, 2.24) is 0 Å². The van der Waals surface area contributed by atoms with E-state index in [1.165, 1.54) is 0 Å². The summed E-state index contributed by atoms with van der Waals surface area (Å²) in [5, 5.41) is 3.67. The van der Waals surface area contributed by atoms with Crippen LogP contribution in [0.25, 0.3) is 0 Å². The second kappa shape index (κ2) is 5.68. The van der Waals surface area contributed by atoms with Crippen molar-refractivity contribution in [3.8, 4) is 0 Å². The van der Waals surface area contributed by atoms with Crippen LogP contribution in [0, 0.1) is 6.92 Å². The van der Waals surface area contributed by atoms with Crippen LogP contribution in [0.2, 0.25) is 5.02 Å². The van der Waals surface area contributed by atoms with Crippen molar-refractivity contribution in [1.29, 1.82) is 0 Å². The molecule has 0 saturated heterocycles. The third-order valence-corrected chi connectivity index (χ3v) is 6.60. The van der Waals surface area contributed by atoms with Gasteiger partial charge in [-0.2, -0.15) is 0 Å². The van der Waals surface area contributed by atoms with Crippen molar-refractivity contribution in [3.63, 3.8) is 0 Å². The number of rotatable bonds is 3. The molecule has 1 amide bonds.